The molecule has 0 unspecified atom stereocenters. The zero-order valence-corrected chi connectivity index (χ0v) is 17.3. The maximum absolute atomic E-state index is 13.3. The van der Waals surface area contributed by atoms with E-state index in [9.17, 15) is 35.9 Å². The molecule has 0 spiro atoms. The maximum Gasteiger partial charge on any atom is 0.471 e. The molecule has 2 amide bonds. The summed E-state index contributed by atoms with van der Waals surface area (Å²) >= 11 is 0. The van der Waals surface area contributed by atoms with Gasteiger partial charge in [0, 0.05) is 25.7 Å². The molecule has 11 heteroatoms. The van der Waals surface area contributed by atoms with Crippen molar-refractivity contribution in [2.75, 3.05) is 13.1 Å². The van der Waals surface area contributed by atoms with Crippen molar-refractivity contribution in [2.24, 2.45) is 0 Å². The zero-order valence-electron chi connectivity index (χ0n) is 17.3. The number of hydrogen-bond donors (Lipinski definition) is 0. The lowest BCUT2D eigenvalue weighted by molar-refractivity contribution is -0.189. The lowest BCUT2D eigenvalue weighted by atomic mass is 10.0. The molecule has 1 aromatic rings. The van der Waals surface area contributed by atoms with E-state index < -0.39 is 53.7 Å². The van der Waals surface area contributed by atoms with Crippen molar-refractivity contribution in [1.82, 2.24) is 9.80 Å². The lowest BCUT2D eigenvalue weighted by Crippen LogP contribution is -2.52. The van der Waals surface area contributed by atoms with Gasteiger partial charge < -0.3 is 14.5 Å². The number of carbonyl (C=O) groups is 2. The van der Waals surface area contributed by atoms with E-state index in [0.717, 1.165) is 18.2 Å². The van der Waals surface area contributed by atoms with Gasteiger partial charge in [0.15, 0.2) is 0 Å². The molecule has 0 radical (unpaired) electrons. The average Bonchev–Trinajstić information content (AvgIpc) is 2.63. The Kier molecular flexibility index (Phi) is 7.17. The van der Waals surface area contributed by atoms with Crippen molar-refractivity contribution in [2.45, 2.75) is 64.2 Å². The molecule has 5 nitrogen and oxygen atoms in total. The second-order valence-corrected chi connectivity index (χ2v) is 8.28. The van der Waals surface area contributed by atoms with Gasteiger partial charge in [-0.3, -0.25) is 4.79 Å². The van der Waals surface area contributed by atoms with Gasteiger partial charge in [0.2, 0.25) is 0 Å². The van der Waals surface area contributed by atoms with Gasteiger partial charge in [-0.2, -0.15) is 26.3 Å². The summed E-state index contributed by atoms with van der Waals surface area (Å²) < 4.78 is 84.6. The summed E-state index contributed by atoms with van der Waals surface area (Å²) in [6.07, 6.45) is -10.7. The molecule has 1 heterocycles. The van der Waals surface area contributed by atoms with Gasteiger partial charge in [-0.25, -0.2) is 4.79 Å². The van der Waals surface area contributed by atoms with E-state index in [1.807, 2.05) is 0 Å². The van der Waals surface area contributed by atoms with E-state index in [-0.39, 0.29) is 25.9 Å². The number of benzene rings is 1. The third kappa shape index (κ3) is 6.76. The van der Waals surface area contributed by atoms with E-state index in [1.165, 1.54) is 11.0 Å². The van der Waals surface area contributed by atoms with Crippen LogP contribution in [0.25, 0.3) is 0 Å². The largest absolute Gasteiger partial charge is 0.471 e. The van der Waals surface area contributed by atoms with Gasteiger partial charge in [0.25, 0.3) is 0 Å². The SMILES string of the molecule is CC(C)(C)OC(=O)N1CCC(N(Cc2ccccc2C(F)(F)F)C(=O)C(F)(F)F)CC1. The number of rotatable bonds is 3. The van der Waals surface area contributed by atoms with Gasteiger partial charge >= 0.3 is 24.4 Å². The minimum absolute atomic E-state index is 0.0160. The van der Waals surface area contributed by atoms with Crippen LogP contribution < -0.4 is 0 Å². The Bertz CT molecular complexity index is 793. The number of piperidine rings is 1. The van der Waals surface area contributed by atoms with Gasteiger partial charge in [0.1, 0.15) is 5.60 Å². The maximum atomic E-state index is 13.3. The molecule has 1 saturated heterocycles. The van der Waals surface area contributed by atoms with Crippen molar-refractivity contribution < 1.29 is 40.7 Å². The molecule has 0 N–H and O–H groups in total. The van der Waals surface area contributed by atoms with Crippen LogP contribution in [-0.4, -0.2) is 52.7 Å². The Hall–Kier alpha value is -2.46. The first-order chi connectivity index (χ1) is 14.1. The van der Waals surface area contributed by atoms with Crippen LogP contribution in [0, 0.1) is 0 Å². The van der Waals surface area contributed by atoms with Gasteiger partial charge in [-0.05, 0) is 45.2 Å². The molecule has 1 aliphatic heterocycles. The van der Waals surface area contributed by atoms with Crippen molar-refractivity contribution in [1.29, 1.82) is 0 Å². The predicted molar refractivity (Wildman–Crippen MR) is 98.9 cm³/mol. The van der Waals surface area contributed by atoms with Gasteiger partial charge in [-0.1, -0.05) is 18.2 Å². The molecule has 1 aliphatic rings. The highest BCUT2D eigenvalue weighted by molar-refractivity contribution is 5.82. The molecule has 0 atom stereocenters. The Morgan fingerprint density at radius 2 is 1.58 bits per heavy atom. The number of amides is 2. The topological polar surface area (TPSA) is 49.9 Å². The standard InChI is InChI=1S/C20H24F6N2O3/c1-18(2,3)31-17(30)27-10-8-14(9-11-27)28(16(29)20(24,25)26)12-13-6-4-5-7-15(13)19(21,22)23/h4-7,14H,8-12H2,1-3H3. The second-order valence-electron chi connectivity index (χ2n) is 8.28. The van der Waals surface area contributed by atoms with Crippen molar-refractivity contribution in [3.05, 3.63) is 35.4 Å². The Labute approximate surface area is 175 Å². The number of carbonyl (C=O) groups excluding carboxylic acids is 2. The molecule has 1 aromatic carbocycles. The molecule has 2 rings (SSSR count). The molecule has 0 bridgehead atoms. The fourth-order valence-electron chi connectivity index (χ4n) is 3.33. The predicted octanol–water partition coefficient (Wildman–Crippen LogP) is 5.00. The van der Waals surface area contributed by atoms with Crippen molar-refractivity contribution in [3.8, 4) is 0 Å². The fourth-order valence-corrected chi connectivity index (χ4v) is 3.33. The van der Waals surface area contributed by atoms with E-state index in [0.29, 0.717) is 4.90 Å². The van der Waals surface area contributed by atoms with Crippen LogP contribution in [0.5, 0.6) is 0 Å². The summed E-state index contributed by atoms with van der Waals surface area (Å²) in [4.78, 5) is 25.9. The Morgan fingerprint density at radius 1 is 1.03 bits per heavy atom. The van der Waals surface area contributed by atoms with E-state index >= 15 is 0 Å². The molecule has 174 valence electrons. The summed E-state index contributed by atoms with van der Waals surface area (Å²) in [6, 6.07) is 3.23. The Morgan fingerprint density at radius 3 is 2.06 bits per heavy atom. The van der Waals surface area contributed by atoms with E-state index in [2.05, 4.69) is 0 Å². The number of likely N-dealkylation sites (tertiary alicyclic amines) is 1. The summed E-state index contributed by atoms with van der Waals surface area (Å²) in [7, 11) is 0. The number of halogens is 6. The first-order valence-corrected chi connectivity index (χ1v) is 9.60. The quantitative estimate of drug-likeness (QED) is 0.605. The monoisotopic (exact) mass is 454 g/mol. The fraction of sp³-hybridized carbons (Fsp3) is 0.600. The van der Waals surface area contributed by atoms with Crippen LogP contribution in [0.4, 0.5) is 31.1 Å². The van der Waals surface area contributed by atoms with Crippen LogP contribution in [0.2, 0.25) is 0 Å². The van der Waals surface area contributed by atoms with Crippen LogP contribution in [-0.2, 0) is 22.3 Å². The second kappa shape index (κ2) is 8.96. The first-order valence-electron chi connectivity index (χ1n) is 9.60. The summed E-state index contributed by atoms with van der Waals surface area (Å²) in [6.45, 7) is 4.19. The third-order valence-corrected chi connectivity index (χ3v) is 4.72. The van der Waals surface area contributed by atoms with Crippen LogP contribution >= 0.6 is 0 Å². The third-order valence-electron chi connectivity index (χ3n) is 4.72. The van der Waals surface area contributed by atoms with Crippen LogP contribution in [0.3, 0.4) is 0 Å². The van der Waals surface area contributed by atoms with Gasteiger partial charge in [-0.15, -0.1) is 0 Å². The lowest BCUT2D eigenvalue weighted by Gasteiger charge is -2.39. The number of nitrogens with zero attached hydrogens (tertiary/aromatic N) is 2. The number of ether oxygens (including phenoxy) is 1. The van der Waals surface area contributed by atoms with Gasteiger partial charge in [0.05, 0.1) is 5.56 Å². The molecular weight excluding hydrogens is 430 g/mol. The van der Waals surface area contributed by atoms with Crippen LogP contribution in [0.1, 0.15) is 44.7 Å². The molecule has 0 saturated carbocycles. The number of alkyl halides is 6. The van der Waals surface area contributed by atoms with Crippen LogP contribution in [0.15, 0.2) is 24.3 Å². The average molecular weight is 454 g/mol. The summed E-state index contributed by atoms with van der Waals surface area (Å²) in [5.41, 5.74) is -2.28. The Balaban J connectivity index is 2.22. The molecule has 31 heavy (non-hydrogen) atoms. The molecule has 0 aromatic heterocycles. The minimum atomic E-state index is -5.24. The highest BCUT2D eigenvalue weighted by Gasteiger charge is 2.46. The highest BCUT2D eigenvalue weighted by Crippen LogP contribution is 2.34. The minimum Gasteiger partial charge on any atom is -0.444 e. The van der Waals surface area contributed by atoms with E-state index in [1.54, 1.807) is 20.8 Å². The van der Waals surface area contributed by atoms with E-state index in [4.69, 9.17) is 4.74 Å². The van der Waals surface area contributed by atoms with Crippen molar-refractivity contribution in [3.63, 3.8) is 0 Å². The summed E-state index contributed by atoms with van der Waals surface area (Å²) in [5, 5.41) is 0. The normalized spacial score (nSPS) is 16.2. The summed E-state index contributed by atoms with van der Waals surface area (Å²) in [5.74, 6) is -2.21. The number of hydrogen-bond acceptors (Lipinski definition) is 3. The molecular formula is C20H24F6N2O3. The smallest absolute Gasteiger partial charge is 0.444 e. The first kappa shape index (κ1) is 24.8. The molecule has 0 aliphatic carbocycles. The molecule has 1 fully saturated rings. The van der Waals surface area contributed by atoms with Crippen molar-refractivity contribution >= 4 is 12.0 Å². The highest BCUT2D eigenvalue weighted by atomic mass is 19.4. The zero-order chi connectivity index (χ0) is 23.6.